The van der Waals surface area contributed by atoms with Crippen molar-refractivity contribution in [1.29, 1.82) is 0 Å². The molecule has 0 saturated carbocycles. The molecule has 0 aromatic heterocycles. The second-order valence-corrected chi connectivity index (χ2v) is 9.23. The lowest BCUT2D eigenvalue weighted by molar-refractivity contribution is -0.274. The number of hydrogen-bond acceptors (Lipinski definition) is 4. The molecule has 0 bridgehead atoms. The monoisotopic (exact) mass is 503 g/mol. The first-order valence-corrected chi connectivity index (χ1v) is 11.4. The van der Waals surface area contributed by atoms with Crippen LogP contribution in [0.25, 0.3) is 10.8 Å². The van der Waals surface area contributed by atoms with Gasteiger partial charge in [-0.3, -0.25) is 4.79 Å². The third-order valence-corrected chi connectivity index (χ3v) is 6.13. The Labute approximate surface area is 207 Å². The molecule has 192 valence electrons. The van der Waals surface area contributed by atoms with E-state index in [4.69, 9.17) is 4.74 Å². The number of hydrogen-bond donors (Lipinski definition) is 2. The highest BCUT2D eigenvalue weighted by Gasteiger charge is 2.36. The van der Waals surface area contributed by atoms with Gasteiger partial charge in [0.2, 0.25) is 0 Å². The highest BCUT2D eigenvalue weighted by Crippen LogP contribution is 2.33. The van der Waals surface area contributed by atoms with Crippen molar-refractivity contribution in [1.82, 2.24) is 5.32 Å². The van der Waals surface area contributed by atoms with Gasteiger partial charge in [0.25, 0.3) is 5.91 Å². The van der Waals surface area contributed by atoms with Gasteiger partial charge >= 0.3 is 12.3 Å². The number of aryl methyl sites for hydroxylation is 1. The molecule has 1 amide bonds. The number of nitrogens with one attached hydrogen (secondary N) is 1. The lowest BCUT2D eigenvalue weighted by Crippen LogP contribution is -2.50. The SMILES string of the molecule is CCC(C)(C)[C@H](NC(=O)c1ccc2ccc(C)cc2c1OCc1ccc(OC(F)(F)F)cc1)C(=O)O. The molecule has 1 atom stereocenters. The number of halogens is 3. The molecule has 0 aliphatic rings. The number of carboxylic acid groups (broad SMARTS) is 1. The quantitative estimate of drug-likeness (QED) is 0.361. The minimum atomic E-state index is -4.79. The Balaban J connectivity index is 1.94. The van der Waals surface area contributed by atoms with Crippen molar-refractivity contribution in [2.45, 2.75) is 53.1 Å². The number of carbonyl (C=O) groups is 2. The summed E-state index contributed by atoms with van der Waals surface area (Å²) in [5, 5.41) is 13.8. The molecule has 3 rings (SSSR count). The maximum atomic E-state index is 13.3. The van der Waals surface area contributed by atoms with E-state index in [1.165, 1.54) is 24.3 Å². The lowest BCUT2D eigenvalue weighted by atomic mass is 9.81. The average molecular weight is 504 g/mol. The normalized spacial score (nSPS) is 12.8. The number of aliphatic carboxylic acids is 1. The summed E-state index contributed by atoms with van der Waals surface area (Å²) in [6.45, 7) is 7.22. The van der Waals surface area contributed by atoms with Crippen molar-refractivity contribution in [2.24, 2.45) is 5.41 Å². The van der Waals surface area contributed by atoms with Gasteiger partial charge in [-0.25, -0.2) is 4.79 Å². The van der Waals surface area contributed by atoms with E-state index in [0.29, 0.717) is 17.4 Å². The van der Waals surface area contributed by atoms with Gasteiger partial charge in [-0.15, -0.1) is 13.2 Å². The molecule has 0 unspecified atom stereocenters. The van der Waals surface area contributed by atoms with Gasteiger partial charge in [-0.1, -0.05) is 56.7 Å². The maximum absolute atomic E-state index is 13.3. The van der Waals surface area contributed by atoms with Crippen LogP contribution in [0.1, 0.15) is 48.7 Å². The van der Waals surface area contributed by atoms with Gasteiger partial charge in [0.05, 0.1) is 5.56 Å². The number of alkyl halides is 3. The van der Waals surface area contributed by atoms with Crippen LogP contribution in [0.5, 0.6) is 11.5 Å². The number of ether oxygens (including phenoxy) is 2. The number of fused-ring (bicyclic) bond motifs is 1. The predicted molar refractivity (Wildman–Crippen MR) is 129 cm³/mol. The standard InChI is InChI=1S/C27H28F3NO5/c1-5-26(3,4)23(25(33)34)31-24(32)20-13-10-18-9-6-16(2)14-21(18)22(20)35-15-17-7-11-19(12-8-17)36-27(28,29)30/h6-14,23H,5,15H2,1-4H3,(H,31,32)(H,33,34)/t23-/m1/s1. The lowest BCUT2D eigenvalue weighted by Gasteiger charge is -2.31. The van der Waals surface area contributed by atoms with Gasteiger partial charge in [-0.05, 0) is 54.0 Å². The molecular formula is C27H28F3NO5. The first kappa shape index (κ1) is 26.8. The highest BCUT2D eigenvalue weighted by atomic mass is 19.4. The Morgan fingerprint density at radius 1 is 1.03 bits per heavy atom. The summed E-state index contributed by atoms with van der Waals surface area (Å²) >= 11 is 0. The van der Waals surface area contributed by atoms with Crippen molar-refractivity contribution in [3.8, 4) is 11.5 Å². The van der Waals surface area contributed by atoms with Gasteiger partial charge in [0.15, 0.2) is 0 Å². The third kappa shape index (κ3) is 6.47. The highest BCUT2D eigenvalue weighted by molar-refractivity contribution is 6.05. The van der Waals surface area contributed by atoms with Crippen LogP contribution in [0.3, 0.4) is 0 Å². The zero-order valence-corrected chi connectivity index (χ0v) is 20.4. The van der Waals surface area contributed by atoms with Crippen molar-refractivity contribution < 1.29 is 37.3 Å². The zero-order valence-electron chi connectivity index (χ0n) is 20.4. The molecule has 0 aliphatic heterocycles. The summed E-state index contributed by atoms with van der Waals surface area (Å²) in [6.07, 6.45) is -4.26. The first-order valence-electron chi connectivity index (χ1n) is 11.4. The molecule has 9 heteroatoms. The summed E-state index contributed by atoms with van der Waals surface area (Å²) in [6, 6.07) is 13.1. The van der Waals surface area contributed by atoms with Crippen LogP contribution in [0.15, 0.2) is 54.6 Å². The van der Waals surface area contributed by atoms with Crippen LogP contribution in [-0.2, 0) is 11.4 Å². The fraction of sp³-hybridized carbons (Fsp3) is 0.333. The summed E-state index contributed by atoms with van der Waals surface area (Å²) in [7, 11) is 0. The van der Waals surface area contributed by atoms with Crippen LogP contribution in [0.2, 0.25) is 0 Å². The predicted octanol–water partition coefficient (Wildman–Crippen LogP) is 6.25. The van der Waals surface area contributed by atoms with Crippen LogP contribution in [0, 0.1) is 12.3 Å². The summed E-state index contributed by atoms with van der Waals surface area (Å²) < 4.78 is 47.2. The molecule has 36 heavy (non-hydrogen) atoms. The van der Waals surface area contributed by atoms with Crippen LogP contribution in [0.4, 0.5) is 13.2 Å². The van der Waals surface area contributed by atoms with Crippen molar-refractivity contribution in [2.75, 3.05) is 0 Å². The zero-order chi connectivity index (χ0) is 26.7. The number of carbonyl (C=O) groups excluding carboxylic acids is 1. The Morgan fingerprint density at radius 3 is 2.25 bits per heavy atom. The molecule has 0 fully saturated rings. The molecule has 0 saturated heterocycles. The summed E-state index contributed by atoms with van der Waals surface area (Å²) in [5.41, 5.74) is 0.935. The molecular weight excluding hydrogens is 475 g/mol. The molecule has 2 N–H and O–H groups in total. The van der Waals surface area contributed by atoms with E-state index in [1.54, 1.807) is 26.0 Å². The minimum Gasteiger partial charge on any atom is -0.487 e. The summed E-state index contributed by atoms with van der Waals surface area (Å²) in [4.78, 5) is 25.2. The fourth-order valence-electron chi connectivity index (χ4n) is 3.69. The summed E-state index contributed by atoms with van der Waals surface area (Å²) in [5.74, 6) is -1.85. The van der Waals surface area contributed by atoms with E-state index in [9.17, 15) is 27.9 Å². The molecule has 3 aromatic carbocycles. The van der Waals surface area contributed by atoms with Gasteiger partial charge < -0.3 is 19.9 Å². The van der Waals surface area contributed by atoms with Gasteiger partial charge in [0.1, 0.15) is 24.1 Å². The maximum Gasteiger partial charge on any atom is 0.573 e. The molecule has 0 heterocycles. The van der Waals surface area contributed by atoms with E-state index in [2.05, 4.69) is 10.1 Å². The van der Waals surface area contributed by atoms with E-state index >= 15 is 0 Å². The largest absolute Gasteiger partial charge is 0.573 e. The number of amides is 1. The van der Waals surface area contributed by atoms with Crippen molar-refractivity contribution in [3.05, 3.63) is 71.3 Å². The number of rotatable bonds is 9. The molecule has 0 aliphatic carbocycles. The second kappa shape index (κ2) is 10.5. The van der Waals surface area contributed by atoms with Gasteiger partial charge in [0, 0.05) is 5.39 Å². The second-order valence-electron chi connectivity index (χ2n) is 9.23. The fourth-order valence-corrected chi connectivity index (χ4v) is 3.69. The molecule has 6 nitrogen and oxygen atoms in total. The van der Waals surface area contributed by atoms with Crippen LogP contribution in [-0.4, -0.2) is 29.4 Å². The average Bonchev–Trinajstić information content (AvgIpc) is 2.80. The van der Waals surface area contributed by atoms with E-state index < -0.39 is 29.7 Å². The Bertz CT molecular complexity index is 1250. The first-order chi connectivity index (χ1) is 16.8. The Morgan fingerprint density at radius 2 is 1.67 bits per heavy atom. The molecule has 3 aromatic rings. The molecule has 0 spiro atoms. The number of benzene rings is 3. The van der Waals surface area contributed by atoms with E-state index in [-0.39, 0.29) is 23.7 Å². The van der Waals surface area contributed by atoms with Gasteiger partial charge in [-0.2, -0.15) is 0 Å². The Hall–Kier alpha value is -3.75. The molecule has 0 radical (unpaired) electrons. The Kier molecular flexibility index (Phi) is 7.81. The number of carboxylic acids is 1. The minimum absolute atomic E-state index is 0.0392. The van der Waals surface area contributed by atoms with E-state index in [1.807, 2.05) is 32.0 Å². The van der Waals surface area contributed by atoms with E-state index in [0.717, 1.165) is 10.9 Å². The van der Waals surface area contributed by atoms with Crippen molar-refractivity contribution in [3.63, 3.8) is 0 Å². The van der Waals surface area contributed by atoms with Crippen LogP contribution >= 0.6 is 0 Å². The smallest absolute Gasteiger partial charge is 0.487 e. The van der Waals surface area contributed by atoms with Crippen molar-refractivity contribution >= 4 is 22.6 Å². The third-order valence-electron chi connectivity index (χ3n) is 6.13. The topological polar surface area (TPSA) is 84.9 Å². The van der Waals surface area contributed by atoms with Crippen LogP contribution < -0.4 is 14.8 Å².